The summed E-state index contributed by atoms with van der Waals surface area (Å²) in [7, 11) is 3.02. The van der Waals surface area contributed by atoms with E-state index in [-0.39, 0.29) is 11.5 Å². The van der Waals surface area contributed by atoms with Crippen molar-refractivity contribution >= 4 is 16.8 Å². The van der Waals surface area contributed by atoms with Crippen LogP contribution >= 0.6 is 0 Å². The van der Waals surface area contributed by atoms with Crippen LogP contribution in [-0.2, 0) is 6.42 Å². The molecule has 7 heteroatoms. The van der Waals surface area contributed by atoms with Gasteiger partial charge in [-0.2, -0.15) is 0 Å². The van der Waals surface area contributed by atoms with Gasteiger partial charge >= 0.3 is 0 Å². The molecule has 2 aromatic carbocycles. The summed E-state index contributed by atoms with van der Waals surface area (Å²) in [6.07, 6.45) is 0.548. The number of methoxy groups -OCH3 is 2. The average Bonchev–Trinajstić information content (AvgIpc) is 2.69. The first-order valence-corrected chi connectivity index (χ1v) is 8.98. The Bertz CT molecular complexity index is 1070. The van der Waals surface area contributed by atoms with E-state index < -0.39 is 5.91 Å². The van der Waals surface area contributed by atoms with Crippen molar-refractivity contribution in [2.24, 2.45) is 5.92 Å². The van der Waals surface area contributed by atoms with Crippen LogP contribution in [0.3, 0.4) is 0 Å². The maximum absolute atomic E-state index is 13.0. The third-order valence-electron chi connectivity index (χ3n) is 4.30. The lowest BCUT2D eigenvalue weighted by atomic mass is 10.1. The highest BCUT2D eigenvalue weighted by Crippen LogP contribution is 2.27. The zero-order valence-corrected chi connectivity index (χ0v) is 16.4. The van der Waals surface area contributed by atoms with Gasteiger partial charge in [0.25, 0.3) is 11.5 Å². The molecule has 0 saturated carbocycles. The van der Waals surface area contributed by atoms with Gasteiger partial charge in [-0.25, -0.2) is 9.66 Å². The van der Waals surface area contributed by atoms with E-state index in [1.54, 1.807) is 36.4 Å². The van der Waals surface area contributed by atoms with Crippen LogP contribution in [0.5, 0.6) is 11.5 Å². The summed E-state index contributed by atoms with van der Waals surface area (Å²) in [4.78, 5) is 30.4. The van der Waals surface area contributed by atoms with Crippen molar-refractivity contribution < 1.29 is 14.3 Å². The number of hydrogen-bond donors (Lipinski definition) is 1. The SMILES string of the molecule is COc1ccc(C(=O)Nn2c(CC(C)C)nc3ccccc3c2=O)cc1OC. The van der Waals surface area contributed by atoms with Crippen molar-refractivity contribution in [3.8, 4) is 11.5 Å². The van der Waals surface area contributed by atoms with E-state index in [1.807, 2.05) is 19.9 Å². The summed E-state index contributed by atoms with van der Waals surface area (Å²) in [5, 5.41) is 0.447. The van der Waals surface area contributed by atoms with Crippen molar-refractivity contribution in [2.75, 3.05) is 19.6 Å². The summed E-state index contributed by atoms with van der Waals surface area (Å²) < 4.78 is 11.7. The number of benzene rings is 2. The molecule has 0 spiro atoms. The van der Waals surface area contributed by atoms with E-state index in [0.29, 0.717) is 40.2 Å². The van der Waals surface area contributed by atoms with Crippen molar-refractivity contribution in [3.05, 3.63) is 64.2 Å². The van der Waals surface area contributed by atoms with Gasteiger partial charge in [-0.15, -0.1) is 0 Å². The van der Waals surface area contributed by atoms with Gasteiger partial charge in [-0.3, -0.25) is 15.0 Å². The van der Waals surface area contributed by atoms with Gasteiger partial charge in [0.15, 0.2) is 11.5 Å². The molecule has 0 fully saturated rings. The first-order valence-electron chi connectivity index (χ1n) is 8.98. The molecular formula is C21H23N3O4. The number of amides is 1. The lowest BCUT2D eigenvalue weighted by molar-refractivity contribution is 0.101. The molecule has 28 heavy (non-hydrogen) atoms. The molecule has 1 N–H and O–H groups in total. The number of carbonyl (C=O) groups excluding carboxylic acids is 1. The number of rotatable bonds is 6. The largest absolute Gasteiger partial charge is 0.493 e. The van der Waals surface area contributed by atoms with Gasteiger partial charge in [0.05, 0.1) is 25.1 Å². The Morgan fingerprint density at radius 3 is 2.50 bits per heavy atom. The fourth-order valence-electron chi connectivity index (χ4n) is 2.94. The number of nitrogens with zero attached hydrogens (tertiary/aromatic N) is 2. The Hall–Kier alpha value is -3.35. The molecule has 7 nitrogen and oxygen atoms in total. The molecule has 0 unspecified atom stereocenters. The number of nitrogens with one attached hydrogen (secondary N) is 1. The fraction of sp³-hybridized carbons (Fsp3) is 0.286. The molecule has 1 heterocycles. The summed E-state index contributed by atoms with van der Waals surface area (Å²) in [6.45, 7) is 4.06. The van der Waals surface area contributed by atoms with Gasteiger partial charge in [-0.1, -0.05) is 26.0 Å². The molecule has 0 aliphatic rings. The Balaban J connectivity index is 2.04. The predicted octanol–water partition coefficient (Wildman–Crippen LogP) is 3.00. The number of ether oxygens (including phenoxy) is 2. The Kier molecular flexibility index (Phi) is 5.63. The maximum Gasteiger partial charge on any atom is 0.280 e. The molecule has 1 amide bonds. The molecule has 146 valence electrons. The van der Waals surface area contributed by atoms with Crippen molar-refractivity contribution in [1.82, 2.24) is 9.66 Å². The Morgan fingerprint density at radius 1 is 1.11 bits per heavy atom. The van der Waals surface area contributed by atoms with Crippen LogP contribution in [0, 0.1) is 5.92 Å². The smallest absolute Gasteiger partial charge is 0.280 e. The second kappa shape index (κ2) is 8.12. The van der Waals surface area contributed by atoms with Crippen LogP contribution in [-0.4, -0.2) is 29.8 Å². The highest BCUT2D eigenvalue weighted by Gasteiger charge is 2.16. The number of aromatic nitrogens is 2. The van der Waals surface area contributed by atoms with Crippen LogP contribution in [0.1, 0.15) is 30.0 Å². The van der Waals surface area contributed by atoms with Crippen LogP contribution in [0.4, 0.5) is 0 Å². The van der Waals surface area contributed by atoms with Crippen LogP contribution in [0.25, 0.3) is 10.9 Å². The number of carbonyl (C=O) groups is 1. The van der Waals surface area contributed by atoms with E-state index in [2.05, 4.69) is 10.4 Å². The molecule has 1 aromatic heterocycles. The molecule has 0 saturated heterocycles. The van der Waals surface area contributed by atoms with Gasteiger partial charge < -0.3 is 9.47 Å². The third kappa shape index (κ3) is 3.83. The second-order valence-corrected chi connectivity index (χ2v) is 6.79. The molecular weight excluding hydrogens is 358 g/mol. The van der Waals surface area contributed by atoms with Gasteiger partial charge in [0, 0.05) is 12.0 Å². The van der Waals surface area contributed by atoms with E-state index >= 15 is 0 Å². The fourth-order valence-corrected chi connectivity index (χ4v) is 2.94. The minimum atomic E-state index is -0.440. The monoisotopic (exact) mass is 381 g/mol. The lowest BCUT2D eigenvalue weighted by Gasteiger charge is -2.16. The number of fused-ring (bicyclic) bond motifs is 1. The van der Waals surface area contributed by atoms with E-state index in [1.165, 1.54) is 18.9 Å². The topological polar surface area (TPSA) is 82.5 Å². The molecule has 0 aliphatic heterocycles. The zero-order valence-electron chi connectivity index (χ0n) is 16.4. The number of para-hydroxylation sites is 1. The Morgan fingerprint density at radius 2 is 1.82 bits per heavy atom. The lowest BCUT2D eigenvalue weighted by Crippen LogP contribution is -2.36. The predicted molar refractivity (Wildman–Crippen MR) is 108 cm³/mol. The molecule has 0 bridgehead atoms. The second-order valence-electron chi connectivity index (χ2n) is 6.79. The summed E-state index contributed by atoms with van der Waals surface area (Å²) in [5.74, 6) is 1.28. The zero-order chi connectivity index (χ0) is 20.3. The van der Waals surface area contributed by atoms with Crippen LogP contribution < -0.4 is 20.5 Å². The summed E-state index contributed by atoms with van der Waals surface area (Å²) >= 11 is 0. The average molecular weight is 381 g/mol. The molecule has 0 aliphatic carbocycles. The molecule has 0 radical (unpaired) electrons. The van der Waals surface area contributed by atoms with Crippen molar-refractivity contribution in [1.29, 1.82) is 0 Å². The Labute approximate surface area is 162 Å². The summed E-state index contributed by atoms with van der Waals surface area (Å²) in [5.41, 5.74) is 3.33. The minimum Gasteiger partial charge on any atom is -0.493 e. The first-order chi connectivity index (χ1) is 13.4. The van der Waals surface area contributed by atoms with Gasteiger partial charge in [0.1, 0.15) is 5.82 Å². The summed E-state index contributed by atoms with van der Waals surface area (Å²) in [6, 6.07) is 11.9. The van der Waals surface area contributed by atoms with Crippen LogP contribution in [0.2, 0.25) is 0 Å². The van der Waals surface area contributed by atoms with Crippen molar-refractivity contribution in [2.45, 2.75) is 20.3 Å². The molecule has 0 atom stereocenters. The van der Waals surface area contributed by atoms with E-state index in [0.717, 1.165) is 0 Å². The third-order valence-corrected chi connectivity index (χ3v) is 4.30. The highest BCUT2D eigenvalue weighted by molar-refractivity contribution is 6.00. The highest BCUT2D eigenvalue weighted by atomic mass is 16.5. The number of hydrogen-bond acceptors (Lipinski definition) is 5. The van der Waals surface area contributed by atoms with Gasteiger partial charge in [-0.05, 0) is 36.2 Å². The molecule has 3 rings (SSSR count). The molecule has 3 aromatic rings. The standard InChI is InChI=1S/C21H23N3O4/c1-13(2)11-19-22-16-8-6-5-7-15(16)21(26)24(19)23-20(25)14-9-10-17(27-3)18(12-14)28-4/h5-10,12-13H,11H2,1-4H3,(H,23,25). The van der Waals surface area contributed by atoms with E-state index in [9.17, 15) is 9.59 Å². The van der Waals surface area contributed by atoms with E-state index in [4.69, 9.17) is 9.47 Å². The van der Waals surface area contributed by atoms with Crippen molar-refractivity contribution in [3.63, 3.8) is 0 Å². The quantitative estimate of drug-likeness (QED) is 0.710. The van der Waals surface area contributed by atoms with Crippen LogP contribution in [0.15, 0.2) is 47.3 Å². The van der Waals surface area contributed by atoms with Gasteiger partial charge in [0.2, 0.25) is 0 Å². The normalized spacial score (nSPS) is 10.9. The minimum absolute atomic E-state index is 0.261. The maximum atomic E-state index is 13.0. The first kappa shape index (κ1) is 19.4.